The van der Waals surface area contributed by atoms with Crippen molar-refractivity contribution in [3.63, 3.8) is 0 Å². The van der Waals surface area contributed by atoms with Gasteiger partial charge < -0.3 is 23.1 Å². The molecule has 0 amide bonds. The van der Waals surface area contributed by atoms with Gasteiger partial charge in [-0.1, -0.05) is 0 Å². The summed E-state index contributed by atoms with van der Waals surface area (Å²) in [6, 6.07) is 0. The van der Waals surface area contributed by atoms with Gasteiger partial charge in [0.15, 0.2) is 29.2 Å². The summed E-state index contributed by atoms with van der Waals surface area (Å²) in [5, 5.41) is 28.4. The Morgan fingerprint density at radius 3 is 2.63 bits per heavy atom. The van der Waals surface area contributed by atoms with E-state index in [-0.39, 0.29) is 5.75 Å². The number of ether oxygens (including phenoxy) is 1. The van der Waals surface area contributed by atoms with Crippen LogP contribution in [-0.4, -0.2) is 49.8 Å². The van der Waals surface area contributed by atoms with Gasteiger partial charge in [-0.2, -0.15) is 0 Å². The zero-order valence-electron chi connectivity index (χ0n) is 9.39. The topological polar surface area (TPSA) is 134 Å². The van der Waals surface area contributed by atoms with Crippen molar-refractivity contribution in [2.24, 2.45) is 0 Å². The van der Waals surface area contributed by atoms with Crippen LogP contribution in [0.1, 0.15) is 6.23 Å². The molecule has 1 fully saturated rings. The van der Waals surface area contributed by atoms with Crippen LogP contribution in [0, 0.1) is 0 Å². The molecular formula is C9H11IN2O7. The minimum atomic E-state index is -1.41. The maximum Gasteiger partial charge on any atom is 0.330 e. The molecule has 1 aromatic heterocycles. The van der Waals surface area contributed by atoms with Crippen molar-refractivity contribution >= 4 is 23.0 Å². The summed E-state index contributed by atoms with van der Waals surface area (Å²) in [5.74, 6) is -0.155. The first-order valence-corrected chi connectivity index (χ1v) is 6.14. The van der Waals surface area contributed by atoms with Gasteiger partial charge in [0.1, 0.15) is 18.3 Å². The molecule has 19 heavy (non-hydrogen) atoms. The van der Waals surface area contributed by atoms with E-state index < -0.39 is 42.4 Å². The molecule has 1 saturated heterocycles. The van der Waals surface area contributed by atoms with Crippen LogP contribution in [0.2, 0.25) is 0 Å². The van der Waals surface area contributed by atoms with Crippen molar-refractivity contribution in [2.75, 3.05) is 6.61 Å². The molecule has 10 heteroatoms. The molecule has 1 aromatic rings. The zero-order valence-corrected chi connectivity index (χ0v) is 11.6. The number of halogens is 1. The van der Waals surface area contributed by atoms with Crippen LogP contribution in [0.3, 0.4) is 0 Å². The monoisotopic (exact) mass is 386 g/mol. The lowest BCUT2D eigenvalue weighted by Crippen LogP contribution is -2.38. The largest absolute Gasteiger partial charge is 0.420 e. The zero-order chi connectivity index (χ0) is 14.2. The molecule has 4 atom stereocenters. The van der Waals surface area contributed by atoms with Crippen LogP contribution >= 0.6 is 23.0 Å². The van der Waals surface area contributed by atoms with Gasteiger partial charge >= 0.3 is 5.69 Å². The Kier molecular flexibility index (Phi) is 4.25. The van der Waals surface area contributed by atoms with Crippen LogP contribution in [0.4, 0.5) is 0 Å². The van der Waals surface area contributed by atoms with Crippen LogP contribution in [0.5, 0.6) is 5.75 Å². The van der Waals surface area contributed by atoms with E-state index in [9.17, 15) is 19.8 Å². The highest BCUT2D eigenvalue weighted by Gasteiger charge is 2.43. The van der Waals surface area contributed by atoms with Crippen molar-refractivity contribution in [3.05, 3.63) is 27.0 Å². The minimum absolute atomic E-state index is 0.155. The van der Waals surface area contributed by atoms with Gasteiger partial charge in [0.05, 0.1) is 12.8 Å². The summed E-state index contributed by atoms with van der Waals surface area (Å²) in [7, 11) is 0. The minimum Gasteiger partial charge on any atom is -0.420 e. The highest BCUT2D eigenvalue weighted by Crippen LogP contribution is 2.28. The van der Waals surface area contributed by atoms with Gasteiger partial charge in [-0.25, -0.2) is 4.79 Å². The van der Waals surface area contributed by atoms with Gasteiger partial charge in [-0.15, -0.1) is 0 Å². The maximum absolute atomic E-state index is 11.7. The Hall–Kier alpha value is -0.950. The number of aromatic nitrogens is 2. The predicted molar refractivity (Wildman–Crippen MR) is 69.0 cm³/mol. The standard InChI is InChI=1S/C9H11IN2O7/c10-19-3-1-12(9(17)11-7(3)16)8-6(15)5(14)4(2-13)18-8/h1,4-6,8,13-15H,2H2,(H,11,16,17)/t4-,5?,6?,8-/m0/s1. The Morgan fingerprint density at radius 1 is 1.42 bits per heavy atom. The van der Waals surface area contributed by atoms with Gasteiger partial charge in [0.25, 0.3) is 5.56 Å². The lowest BCUT2D eigenvalue weighted by molar-refractivity contribution is -0.0551. The molecule has 0 aliphatic carbocycles. The quantitative estimate of drug-likeness (QED) is 0.437. The molecular weight excluding hydrogens is 375 g/mol. The number of aromatic amines is 1. The third-order valence-corrected chi connectivity index (χ3v) is 3.28. The van der Waals surface area contributed by atoms with Crippen LogP contribution in [0.15, 0.2) is 15.8 Å². The number of aliphatic hydroxyl groups is 3. The first kappa shape index (κ1) is 14.5. The second kappa shape index (κ2) is 5.58. The van der Waals surface area contributed by atoms with Crippen molar-refractivity contribution in [1.29, 1.82) is 0 Å². The third-order valence-electron chi connectivity index (χ3n) is 2.81. The molecule has 2 unspecified atom stereocenters. The second-order valence-corrected chi connectivity index (χ2v) is 4.41. The SMILES string of the molecule is O=c1[nH]c(=O)n([C@H]2O[C@@H](CO)C(O)C2O)cc1OI. The Bertz CT molecular complexity index is 570. The first-order valence-electron chi connectivity index (χ1n) is 5.26. The Balaban J connectivity index is 2.43. The maximum atomic E-state index is 11.7. The fraction of sp³-hybridized carbons (Fsp3) is 0.556. The molecule has 0 saturated carbocycles. The highest BCUT2D eigenvalue weighted by molar-refractivity contribution is 14.1. The molecule has 1 aliphatic heterocycles. The predicted octanol–water partition coefficient (Wildman–Crippen LogP) is -2.12. The molecule has 2 rings (SSSR count). The van der Waals surface area contributed by atoms with Gasteiger partial charge in [-0.05, 0) is 0 Å². The van der Waals surface area contributed by atoms with Crippen LogP contribution in [0.25, 0.3) is 0 Å². The van der Waals surface area contributed by atoms with E-state index in [0.717, 1.165) is 10.8 Å². The third kappa shape index (κ3) is 2.53. The number of rotatable bonds is 3. The molecule has 2 heterocycles. The first-order chi connectivity index (χ1) is 8.99. The molecule has 0 radical (unpaired) electrons. The molecule has 9 nitrogen and oxygen atoms in total. The van der Waals surface area contributed by atoms with Crippen molar-refractivity contribution in [3.8, 4) is 5.75 Å². The normalized spacial score (nSPS) is 30.5. The lowest BCUT2D eigenvalue weighted by Gasteiger charge is -2.17. The van der Waals surface area contributed by atoms with E-state index in [0.29, 0.717) is 0 Å². The molecule has 0 bridgehead atoms. The summed E-state index contributed by atoms with van der Waals surface area (Å²) in [4.78, 5) is 25.0. The molecule has 0 aromatic carbocycles. The fourth-order valence-corrected chi connectivity index (χ4v) is 2.13. The van der Waals surface area contributed by atoms with Gasteiger partial charge in [-0.3, -0.25) is 14.3 Å². The number of nitrogens with one attached hydrogen (secondary N) is 1. The Labute approximate surface area is 120 Å². The molecule has 4 N–H and O–H groups in total. The lowest BCUT2D eigenvalue weighted by atomic mass is 10.1. The summed E-state index contributed by atoms with van der Waals surface area (Å²) in [6.45, 7) is -0.511. The van der Waals surface area contributed by atoms with Crippen molar-refractivity contribution < 1.29 is 23.1 Å². The van der Waals surface area contributed by atoms with Gasteiger partial charge in [0, 0.05) is 0 Å². The summed E-state index contributed by atoms with van der Waals surface area (Å²) >= 11 is 1.46. The highest BCUT2D eigenvalue weighted by atomic mass is 127. The smallest absolute Gasteiger partial charge is 0.330 e. The average molecular weight is 386 g/mol. The van der Waals surface area contributed by atoms with E-state index in [1.807, 2.05) is 4.98 Å². The van der Waals surface area contributed by atoms with E-state index >= 15 is 0 Å². The summed E-state index contributed by atoms with van der Waals surface area (Å²) in [6.07, 6.45) is -3.92. The van der Waals surface area contributed by atoms with Gasteiger partial charge in [0.2, 0.25) is 5.75 Å². The summed E-state index contributed by atoms with van der Waals surface area (Å²) in [5.41, 5.74) is -1.54. The van der Waals surface area contributed by atoms with Crippen molar-refractivity contribution in [2.45, 2.75) is 24.5 Å². The van der Waals surface area contributed by atoms with Crippen molar-refractivity contribution in [1.82, 2.24) is 9.55 Å². The molecule has 0 spiro atoms. The van der Waals surface area contributed by atoms with E-state index in [4.69, 9.17) is 12.9 Å². The van der Waals surface area contributed by atoms with Crippen LogP contribution in [-0.2, 0) is 4.74 Å². The van der Waals surface area contributed by atoms with Crippen LogP contribution < -0.4 is 14.3 Å². The number of hydrogen-bond acceptors (Lipinski definition) is 7. The average Bonchev–Trinajstić information content (AvgIpc) is 2.67. The number of hydrogen-bond donors (Lipinski definition) is 4. The molecule has 1 aliphatic rings. The number of nitrogens with zero attached hydrogens (tertiary/aromatic N) is 1. The number of aliphatic hydroxyl groups excluding tert-OH is 3. The fourth-order valence-electron chi connectivity index (χ4n) is 1.82. The Morgan fingerprint density at radius 2 is 2.11 bits per heavy atom. The van der Waals surface area contributed by atoms with E-state index in [1.165, 1.54) is 23.0 Å². The number of H-pyrrole nitrogens is 1. The summed E-state index contributed by atoms with van der Waals surface area (Å²) < 4.78 is 10.8. The second-order valence-electron chi connectivity index (χ2n) is 3.97. The molecule has 106 valence electrons. The van der Waals surface area contributed by atoms with E-state index in [1.54, 1.807) is 0 Å². The van der Waals surface area contributed by atoms with E-state index in [2.05, 4.69) is 0 Å².